The van der Waals surface area contributed by atoms with Crippen LogP contribution in [0.3, 0.4) is 0 Å². The zero-order valence-corrected chi connectivity index (χ0v) is 11.6. The zero-order chi connectivity index (χ0) is 13.3. The van der Waals surface area contributed by atoms with E-state index in [0.717, 1.165) is 12.1 Å². The van der Waals surface area contributed by atoms with Gasteiger partial charge in [0.05, 0.1) is 11.7 Å². The Kier molecular flexibility index (Phi) is 4.25. The van der Waals surface area contributed by atoms with Crippen molar-refractivity contribution in [3.63, 3.8) is 0 Å². The molecule has 0 amide bonds. The summed E-state index contributed by atoms with van der Waals surface area (Å²) in [5.74, 6) is 0. The monoisotopic (exact) mass is 341 g/mol. The van der Waals surface area contributed by atoms with Gasteiger partial charge in [0, 0.05) is 22.5 Å². The number of halogens is 4. The molecule has 1 aromatic rings. The average Bonchev–Trinajstić information content (AvgIpc) is 2.61. The van der Waals surface area contributed by atoms with Crippen molar-refractivity contribution >= 4 is 27.9 Å². The van der Waals surface area contributed by atoms with Crippen molar-refractivity contribution < 1.29 is 18.3 Å². The largest absolute Gasteiger partial charge is 0.416 e. The number of aliphatic hydroxyl groups excluding tert-OH is 1. The number of β-amino-alcohol motifs (C(OH)–C–C–N with tert-alkyl or cyclic N) is 1. The average molecular weight is 342 g/mol. The fourth-order valence-electron chi connectivity index (χ4n) is 1.72. The van der Waals surface area contributed by atoms with Crippen molar-refractivity contribution in [3.05, 3.63) is 28.2 Å². The summed E-state index contributed by atoms with van der Waals surface area (Å²) in [6.07, 6.45) is -4.07. The van der Waals surface area contributed by atoms with Crippen LogP contribution < -0.4 is 0 Å². The van der Waals surface area contributed by atoms with Crippen LogP contribution in [0.4, 0.5) is 13.2 Å². The summed E-state index contributed by atoms with van der Waals surface area (Å²) in [5.41, 5.74) is -0.667. The smallest absolute Gasteiger partial charge is 0.392 e. The molecular formula is C11H11BrF3NOS. The van der Waals surface area contributed by atoms with Gasteiger partial charge in [0.15, 0.2) is 0 Å². The fraction of sp³-hybridized carbons (Fsp3) is 0.455. The highest BCUT2D eigenvalue weighted by Crippen LogP contribution is 2.36. The van der Waals surface area contributed by atoms with Crippen molar-refractivity contribution in [3.8, 4) is 0 Å². The molecule has 1 aliphatic heterocycles. The minimum atomic E-state index is -4.34. The minimum Gasteiger partial charge on any atom is -0.392 e. The molecule has 1 unspecified atom stereocenters. The van der Waals surface area contributed by atoms with Crippen LogP contribution >= 0.6 is 27.9 Å². The van der Waals surface area contributed by atoms with E-state index >= 15 is 0 Å². The van der Waals surface area contributed by atoms with Gasteiger partial charge in [-0.3, -0.25) is 0 Å². The van der Waals surface area contributed by atoms with Gasteiger partial charge >= 0.3 is 6.18 Å². The van der Waals surface area contributed by atoms with Crippen LogP contribution in [0.2, 0.25) is 0 Å². The van der Waals surface area contributed by atoms with Crippen molar-refractivity contribution in [2.75, 3.05) is 13.1 Å². The highest BCUT2D eigenvalue weighted by Gasteiger charge is 2.31. The number of rotatable bonds is 2. The molecule has 0 aliphatic carbocycles. The van der Waals surface area contributed by atoms with Crippen LogP contribution in [0, 0.1) is 0 Å². The molecule has 100 valence electrons. The third-order valence-electron chi connectivity index (χ3n) is 2.56. The van der Waals surface area contributed by atoms with Gasteiger partial charge in [-0.05, 0) is 36.6 Å². The quantitative estimate of drug-likeness (QED) is 0.832. The van der Waals surface area contributed by atoms with E-state index in [0.29, 0.717) is 28.9 Å². The molecular weight excluding hydrogens is 331 g/mol. The number of benzene rings is 1. The van der Waals surface area contributed by atoms with Gasteiger partial charge in [-0.15, -0.1) is 0 Å². The van der Waals surface area contributed by atoms with E-state index in [2.05, 4.69) is 15.9 Å². The maximum atomic E-state index is 12.6. The molecule has 2 rings (SSSR count). The van der Waals surface area contributed by atoms with E-state index in [9.17, 15) is 18.3 Å². The van der Waals surface area contributed by atoms with Crippen LogP contribution in [0.15, 0.2) is 27.6 Å². The van der Waals surface area contributed by atoms with Crippen LogP contribution in [-0.4, -0.2) is 28.6 Å². The summed E-state index contributed by atoms with van der Waals surface area (Å²) in [5, 5.41) is 9.37. The van der Waals surface area contributed by atoms with E-state index in [1.54, 1.807) is 6.07 Å². The van der Waals surface area contributed by atoms with E-state index in [1.807, 2.05) is 4.31 Å². The van der Waals surface area contributed by atoms with Crippen molar-refractivity contribution in [2.45, 2.75) is 23.6 Å². The molecule has 1 aliphatic rings. The first-order valence-electron chi connectivity index (χ1n) is 5.33. The highest BCUT2D eigenvalue weighted by molar-refractivity contribution is 9.10. The Labute approximate surface area is 115 Å². The van der Waals surface area contributed by atoms with Crippen molar-refractivity contribution in [1.82, 2.24) is 4.31 Å². The number of alkyl halides is 3. The lowest BCUT2D eigenvalue weighted by Crippen LogP contribution is -2.14. The Hall–Kier alpha value is -0.240. The van der Waals surface area contributed by atoms with E-state index in [4.69, 9.17) is 0 Å². The summed E-state index contributed by atoms with van der Waals surface area (Å²) >= 11 is 4.33. The van der Waals surface area contributed by atoms with Crippen LogP contribution in [0.1, 0.15) is 12.0 Å². The van der Waals surface area contributed by atoms with Crippen molar-refractivity contribution in [2.24, 2.45) is 0 Å². The lowest BCUT2D eigenvalue weighted by molar-refractivity contribution is -0.137. The van der Waals surface area contributed by atoms with Gasteiger partial charge in [-0.1, -0.05) is 15.9 Å². The van der Waals surface area contributed by atoms with Gasteiger partial charge in [0.2, 0.25) is 0 Å². The summed E-state index contributed by atoms with van der Waals surface area (Å²) in [7, 11) is 0. The molecule has 0 radical (unpaired) electrons. The summed E-state index contributed by atoms with van der Waals surface area (Å²) < 4.78 is 40.2. The normalized spacial score (nSPS) is 21.5. The molecule has 0 aromatic heterocycles. The lowest BCUT2D eigenvalue weighted by Gasteiger charge is -2.15. The Balaban J connectivity index is 2.15. The molecule has 1 aromatic carbocycles. The molecule has 0 bridgehead atoms. The number of aliphatic hydroxyl groups is 1. The zero-order valence-electron chi connectivity index (χ0n) is 9.25. The predicted molar refractivity (Wildman–Crippen MR) is 67.2 cm³/mol. The van der Waals surface area contributed by atoms with Crippen molar-refractivity contribution in [1.29, 1.82) is 0 Å². The van der Waals surface area contributed by atoms with Crippen LogP contribution in [0.5, 0.6) is 0 Å². The topological polar surface area (TPSA) is 23.5 Å². The summed E-state index contributed by atoms with van der Waals surface area (Å²) in [4.78, 5) is 0.519. The standard InChI is InChI=1S/C11H11BrF3NOS/c12-8-3-7(11(13,14)15)4-10(5-8)18-16-2-1-9(17)6-16/h3-5,9,17H,1-2,6H2. The van der Waals surface area contributed by atoms with Gasteiger partial charge in [-0.2, -0.15) is 13.2 Å². The molecule has 1 saturated heterocycles. The molecule has 0 spiro atoms. The van der Waals surface area contributed by atoms with E-state index in [1.165, 1.54) is 11.9 Å². The van der Waals surface area contributed by atoms with E-state index < -0.39 is 11.7 Å². The lowest BCUT2D eigenvalue weighted by atomic mass is 10.2. The second-order valence-electron chi connectivity index (χ2n) is 4.10. The van der Waals surface area contributed by atoms with Gasteiger partial charge in [0.25, 0.3) is 0 Å². The van der Waals surface area contributed by atoms with E-state index in [-0.39, 0.29) is 6.10 Å². The number of nitrogens with zero attached hydrogens (tertiary/aromatic N) is 1. The Morgan fingerprint density at radius 2 is 2.06 bits per heavy atom. The molecule has 0 saturated carbocycles. The molecule has 18 heavy (non-hydrogen) atoms. The summed E-state index contributed by atoms with van der Waals surface area (Å²) in [6.45, 7) is 1.16. The number of hydrogen-bond acceptors (Lipinski definition) is 3. The van der Waals surface area contributed by atoms with Crippen LogP contribution in [-0.2, 0) is 6.18 Å². The van der Waals surface area contributed by atoms with Gasteiger partial charge in [-0.25, -0.2) is 4.31 Å². The maximum absolute atomic E-state index is 12.6. The SMILES string of the molecule is OC1CCN(Sc2cc(Br)cc(C(F)(F)F)c2)C1. The summed E-state index contributed by atoms with van der Waals surface area (Å²) in [6, 6.07) is 3.83. The molecule has 1 atom stereocenters. The molecule has 2 nitrogen and oxygen atoms in total. The maximum Gasteiger partial charge on any atom is 0.416 e. The first-order valence-corrected chi connectivity index (χ1v) is 6.90. The third-order valence-corrected chi connectivity index (χ3v) is 4.05. The predicted octanol–water partition coefficient (Wildman–Crippen LogP) is 3.54. The van der Waals surface area contributed by atoms with Gasteiger partial charge < -0.3 is 5.11 Å². The number of hydrogen-bond donors (Lipinski definition) is 1. The first kappa shape index (κ1) is 14.2. The second kappa shape index (κ2) is 5.40. The molecule has 7 heteroatoms. The van der Waals surface area contributed by atoms with Crippen LogP contribution in [0.25, 0.3) is 0 Å². The highest BCUT2D eigenvalue weighted by atomic mass is 79.9. The Morgan fingerprint density at radius 3 is 2.61 bits per heavy atom. The second-order valence-corrected chi connectivity index (χ2v) is 6.18. The first-order chi connectivity index (χ1) is 8.34. The fourth-order valence-corrected chi connectivity index (χ4v) is 3.47. The Bertz CT molecular complexity index is 441. The molecule has 1 fully saturated rings. The Morgan fingerprint density at radius 1 is 1.33 bits per heavy atom. The minimum absolute atomic E-state index is 0.383. The molecule has 1 heterocycles. The molecule has 1 N–H and O–H groups in total. The van der Waals surface area contributed by atoms with Gasteiger partial charge in [0.1, 0.15) is 0 Å². The third kappa shape index (κ3) is 3.63.